The van der Waals surface area contributed by atoms with E-state index < -0.39 is 31.1 Å². The average molecular weight is 537 g/mol. The Labute approximate surface area is 217 Å². The Kier molecular flexibility index (Phi) is 7.95. The van der Waals surface area contributed by atoms with Crippen molar-refractivity contribution < 1.29 is 29.6 Å². The van der Waals surface area contributed by atoms with Crippen LogP contribution in [0.3, 0.4) is 0 Å². The second-order valence-electron chi connectivity index (χ2n) is 9.42. The number of hydrogen-bond donors (Lipinski definition) is 7. The number of thioether (sulfide) groups is 1. The lowest BCUT2D eigenvalue weighted by Gasteiger charge is -2.16. The number of nitrogens with one attached hydrogen (secondary N) is 4. The summed E-state index contributed by atoms with van der Waals surface area (Å²) >= 11 is 1.88. The molecule has 0 bridgehead atoms. The molecule has 3 fully saturated rings. The molecule has 37 heavy (non-hydrogen) atoms. The van der Waals surface area contributed by atoms with Crippen molar-refractivity contribution in [3.63, 3.8) is 0 Å². The number of hydrogen-bond acceptors (Lipinski definition) is 11. The van der Waals surface area contributed by atoms with Crippen molar-refractivity contribution in [3.8, 4) is 0 Å². The lowest BCUT2D eigenvalue weighted by atomic mass is 10.0. The van der Waals surface area contributed by atoms with Crippen molar-refractivity contribution in [1.29, 1.82) is 0 Å². The van der Waals surface area contributed by atoms with Gasteiger partial charge in [0, 0.05) is 30.5 Å². The third kappa shape index (κ3) is 5.45. The zero-order valence-corrected chi connectivity index (χ0v) is 20.9. The number of urea groups is 1. The van der Waals surface area contributed by atoms with Crippen LogP contribution in [0.5, 0.6) is 0 Å². The zero-order valence-electron chi connectivity index (χ0n) is 20.1. The first-order valence-corrected chi connectivity index (χ1v) is 13.5. The number of nitrogens with zero attached hydrogens (tertiary/aromatic N) is 4. The van der Waals surface area contributed by atoms with Gasteiger partial charge in [0.05, 0.1) is 25.0 Å². The molecule has 0 spiro atoms. The van der Waals surface area contributed by atoms with Crippen LogP contribution in [0.25, 0.3) is 11.2 Å². The summed E-state index contributed by atoms with van der Waals surface area (Å²) in [7, 11) is 0. The predicted octanol–water partition coefficient (Wildman–Crippen LogP) is -1.31. The fourth-order valence-electron chi connectivity index (χ4n) is 5.02. The minimum Gasteiger partial charge on any atom is -0.394 e. The first kappa shape index (κ1) is 25.9. The molecule has 3 amide bonds. The second-order valence-corrected chi connectivity index (χ2v) is 10.7. The lowest BCUT2D eigenvalue weighted by Crippen LogP contribution is -2.36. The van der Waals surface area contributed by atoms with Crippen LogP contribution >= 0.6 is 11.8 Å². The van der Waals surface area contributed by atoms with E-state index in [9.17, 15) is 24.9 Å². The highest BCUT2D eigenvalue weighted by molar-refractivity contribution is 8.00. The van der Waals surface area contributed by atoms with E-state index in [0.717, 1.165) is 25.0 Å². The summed E-state index contributed by atoms with van der Waals surface area (Å²) in [6.07, 6.45) is 1.61. The standard InChI is InChI=1S/C22H32N8O6S/c31-7-12-17(33)18(34)21(36-12)30-10-27-16-19(25-9-26-20(16)30)24-6-5-23-14(32)4-2-1-3-13-15-11(8-37-13)28-22(35)29-15/h9-13,15,17-18,21,31,33-34H,1-8H2,(H,23,32)(H,24,25,26)(H2,28,29,35)/t11-,12+,13-,15-,17+,18+,21+/m0/s1. The summed E-state index contributed by atoms with van der Waals surface area (Å²) in [5.74, 6) is 1.38. The SMILES string of the molecule is O=C(CCCC[C@@H]1SC[C@@H]2NC(=O)N[C@@H]21)NCCNc1ncnc2c1ncn2[C@@H]1O[C@H](CO)[C@@H](O)[C@H]1O. The molecule has 202 valence electrons. The van der Waals surface area contributed by atoms with E-state index in [1.807, 2.05) is 11.8 Å². The van der Waals surface area contributed by atoms with Gasteiger partial charge in [0.15, 0.2) is 23.2 Å². The number of imidazole rings is 1. The van der Waals surface area contributed by atoms with Gasteiger partial charge in [0.25, 0.3) is 0 Å². The van der Waals surface area contributed by atoms with Gasteiger partial charge in [-0.1, -0.05) is 6.42 Å². The molecule has 0 saturated carbocycles. The van der Waals surface area contributed by atoms with Gasteiger partial charge in [-0.3, -0.25) is 9.36 Å². The Hall–Kier alpha value is -2.72. The van der Waals surface area contributed by atoms with Crippen molar-refractivity contribution in [3.05, 3.63) is 12.7 Å². The maximum Gasteiger partial charge on any atom is 0.315 e. The maximum atomic E-state index is 12.2. The molecule has 0 radical (unpaired) electrons. The van der Waals surface area contributed by atoms with E-state index in [-0.39, 0.29) is 24.0 Å². The molecule has 14 nitrogen and oxygen atoms in total. The van der Waals surface area contributed by atoms with Gasteiger partial charge in [0.1, 0.15) is 24.6 Å². The molecule has 0 aromatic carbocycles. The number of fused-ring (bicyclic) bond motifs is 2. The normalized spacial score (nSPS) is 30.8. The van der Waals surface area contributed by atoms with Gasteiger partial charge in [-0.25, -0.2) is 19.7 Å². The van der Waals surface area contributed by atoms with E-state index in [2.05, 4.69) is 36.2 Å². The van der Waals surface area contributed by atoms with Crippen molar-refractivity contribution in [1.82, 2.24) is 35.5 Å². The monoisotopic (exact) mass is 536 g/mol. The number of carbonyl (C=O) groups is 2. The Morgan fingerprint density at radius 1 is 1.19 bits per heavy atom. The van der Waals surface area contributed by atoms with Crippen molar-refractivity contribution in [2.24, 2.45) is 0 Å². The van der Waals surface area contributed by atoms with Crippen LogP contribution in [-0.2, 0) is 9.53 Å². The van der Waals surface area contributed by atoms with Crippen LogP contribution in [0.1, 0.15) is 31.9 Å². The van der Waals surface area contributed by atoms with Crippen molar-refractivity contribution in [2.45, 2.75) is 67.6 Å². The molecule has 3 saturated heterocycles. The Bertz CT molecular complexity index is 1120. The van der Waals surface area contributed by atoms with Gasteiger partial charge in [0.2, 0.25) is 5.91 Å². The third-order valence-electron chi connectivity index (χ3n) is 6.97. The van der Waals surface area contributed by atoms with Crippen LogP contribution < -0.4 is 21.3 Å². The van der Waals surface area contributed by atoms with Crippen LogP contribution in [0.4, 0.5) is 10.6 Å². The summed E-state index contributed by atoms with van der Waals surface area (Å²) in [6.45, 7) is 0.402. The molecule has 2 aromatic rings. The summed E-state index contributed by atoms with van der Waals surface area (Å²) in [5, 5.41) is 42.0. The number of carbonyl (C=O) groups excluding carboxylic acids is 2. The summed E-state index contributed by atoms with van der Waals surface area (Å²) in [5.41, 5.74) is 0.850. The van der Waals surface area contributed by atoms with Crippen LogP contribution in [0, 0.1) is 0 Å². The number of unbranched alkanes of at least 4 members (excludes halogenated alkanes) is 1. The van der Waals surface area contributed by atoms with Crippen LogP contribution in [0.2, 0.25) is 0 Å². The number of aliphatic hydroxyl groups excluding tert-OH is 3. The Morgan fingerprint density at radius 2 is 2.05 bits per heavy atom. The third-order valence-corrected chi connectivity index (χ3v) is 8.48. The lowest BCUT2D eigenvalue weighted by molar-refractivity contribution is -0.121. The fraction of sp³-hybridized carbons (Fsp3) is 0.682. The summed E-state index contributed by atoms with van der Waals surface area (Å²) in [6, 6.07) is 0.330. The molecule has 5 rings (SSSR count). The van der Waals surface area contributed by atoms with E-state index in [1.54, 1.807) is 0 Å². The summed E-state index contributed by atoms with van der Waals surface area (Å²) in [4.78, 5) is 36.4. The molecular formula is C22H32N8O6S. The number of rotatable bonds is 11. The van der Waals surface area contributed by atoms with E-state index in [1.165, 1.54) is 17.2 Å². The quantitative estimate of drug-likeness (QED) is 0.133. The molecule has 0 aliphatic carbocycles. The number of aliphatic hydroxyl groups is 3. The highest BCUT2D eigenvalue weighted by atomic mass is 32.2. The number of aromatic nitrogens is 4. The van der Waals surface area contributed by atoms with Gasteiger partial charge < -0.3 is 41.3 Å². The van der Waals surface area contributed by atoms with E-state index in [4.69, 9.17) is 4.74 Å². The van der Waals surface area contributed by atoms with Gasteiger partial charge in [-0.05, 0) is 12.8 Å². The zero-order chi connectivity index (χ0) is 25.9. The number of amides is 3. The second kappa shape index (κ2) is 11.3. The molecule has 7 atom stereocenters. The largest absolute Gasteiger partial charge is 0.394 e. The molecule has 7 N–H and O–H groups in total. The predicted molar refractivity (Wildman–Crippen MR) is 134 cm³/mol. The molecule has 3 aliphatic rings. The van der Waals surface area contributed by atoms with Gasteiger partial charge in [-0.2, -0.15) is 11.8 Å². The Morgan fingerprint density at radius 3 is 2.86 bits per heavy atom. The first-order chi connectivity index (χ1) is 18.0. The number of ether oxygens (including phenoxy) is 1. The average Bonchev–Trinajstić information content (AvgIpc) is 3.64. The minimum absolute atomic E-state index is 0.0175. The highest BCUT2D eigenvalue weighted by Crippen LogP contribution is 2.33. The molecule has 15 heteroatoms. The van der Waals surface area contributed by atoms with Crippen molar-refractivity contribution >= 4 is 40.7 Å². The van der Waals surface area contributed by atoms with Gasteiger partial charge in [-0.15, -0.1) is 0 Å². The van der Waals surface area contributed by atoms with Crippen LogP contribution in [0.15, 0.2) is 12.7 Å². The van der Waals surface area contributed by atoms with Gasteiger partial charge >= 0.3 is 6.03 Å². The molecule has 3 aliphatic heterocycles. The molecule has 0 unspecified atom stereocenters. The minimum atomic E-state index is -1.24. The fourth-order valence-corrected chi connectivity index (χ4v) is 6.57. The van der Waals surface area contributed by atoms with Crippen molar-refractivity contribution in [2.75, 3.05) is 30.8 Å². The van der Waals surface area contributed by atoms with E-state index >= 15 is 0 Å². The topological polar surface area (TPSA) is 196 Å². The highest BCUT2D eigenvalue weighted by Gasteiger charge is 2.44. The van der Waals surface area contributed by atoms with Crippen LogP contribution in [-0.4, -0.2) is 108 Å². The molecule has 5 heterocycles. The first-order valence-electron chi connectivity index (χ1n) is 12.5. The number of anilines is 1. The molecular weight excluding hydrogens is 504 g/mol. The smallest absolute Gasteiger partial charge is 0.315 e. The van der Waals surface area contributed by atoms with E-state index in [0.29, 0.717) is 41.7 Å². The summed E-state index contributed by atoms with van der Waals surface area (Å²) < 4.78 is 7.06. The Balaban J connectivity index is 1.04. The maximum absolute atomic E-state index is 12.2. The molecule has 2 aromatic heterocycles.